The third-order valence-electron chi connectivity index (χ3n) is 3.70. The van der Waals surface area contributed by atoms with Gasteiger partial charge in [0.2, 0.25) is 0 Å². The first-order valence-corrected chi connectivity index (χ1v) is 8.17. The van der Waals surface area contributed by atoms with Gasteiger partial charge < -0.3 is 10.1 Å². The van der Waals surface area contributed by atoms with E-state index in [1.807, 2.05) is 49.4 Å². The van der Waals surface area contributed by atoms with Gasteiger partial charge in [0, 0.05) is 11.1 Å². The van der Waals surface area contributed by atoms with Crippen molar-refractivity contribution in [2.75, 3.05) is 11.9 Å². The molecular weight excluding hydrogens is 308 g/mol. The summed E-state index contributed by atoms with van der Waals surface area (Å²) in [5.41, 5.74) is 3.04. The van der Waals surface area contributed by atoms with E-state index < -0.39 is 0 Å². The lowest BCUT2D eigenvalue weighted by atomic mass is 10.1. The van der Waals surface area contributed by atoms with Crippen LogP contribution in [0.15, 0.2) is 48.5 Å². The zero-order valence-corrected chi connectivity index (χ0v) is 14.0. The zero-order chi connectivity index (χ0) is 16.2. The van der Waals surface area contributed by atoms with Crippen LogP contribution in [0.2, 0.25) is 5.02 Å². The van der Waals surface area contributed by atoms with Gasteiger partial charge in [-0.15, -0.1) is 0 Å². The molecule has 3 nitrogen and oxygen atoms in total. The number of pyridine rings is 1. The molecule has 0 fully saturated rings. The number of nitrogens with one attached hydrogen (secondary N) is 1. The first-order chi connectivity index (χ1) is 11.2. The van der Waals surface area contributed by atoms with E-state index in [-0.39, 0.29) is 0 Å². The number of aromatic nitrogens is 1. The van der Waals surface area contributed by atoms with Crippen LogP contribution in [0.4, 0.5) is 11.5 Å². The Hall–Kier alpha value is -2.26. The third-order valence-corrected chi connectivity index (χ3v) is 4.01. The molecule has 3 aromatic rings. The summed E-state index contributed by atoms with van der Waals surface area (Å²) in [6, 6.07) is 15.9. The van der Waals surface area contributed by atoms with Crippen LogP contribution in [-0.2, 0) is 6.42 Å². The van der Waals surface area contributed by atoms with Gasteiger partial charge in [0.25, 0.3) is 0 Å². The van der Waals surface area contributed by atoms with Gasteiger partial charge in [-0.2, -0.15) is 0 Å². The van der Waals surface area contributed by atoms with Crippen LogP contribution < -0.4 is 10.1 Å². The van der Waals surface area contributed by atoms with Gasteiger partial charge in [-0.25, -0.2) is 4.98 Å². The molecule has 0 atom stereocenters. The molecule has 1 aromatic heterocycles. The fourth-order valence-electron chi connectivity index (χ4n) is 2.56. The van der Waals surface area contributed by atoms with Crippen LogP contribution in [-0.4, -0.2) is 11.6 Å². The number of aryl methyl sites for hydroxylation is 1. The molecule has 1 N–H and O–H groups in total. The number of halogens is 1. The second-order valence-corrected chi connectivity index (χ2v) is 5.65. The first kappa shape index (κ1) is 15.6. The van der Waals surface area contributed by atoms with Crippen LogP contribution in [0.5, 0.6) is 5.75 Å². The SMILES string of the molecule is CCOc1ccc(Nc2ccc3cccc(Cl)c3n2)c(CC)c1. The minimum absolute atomic E-state index is 0.661. The number of ether oxygens (including phenoxy) is 1. The van der Waals surface area contributed by atoms with Gasteiger partial charge in [0.1, 0.15) is 11.6 Å². The number of hydrogen-bond donors (Lipinski definition) is 1. The van der Waals surface area contributed by atoms with E-state index in [4.69, 9.17) is 16.3 Å². The maximum atomic E-state index is 6.24. The summed E-state index contributed by atoms with van der Waals surface area (Å²) in [5, 5.41) is 5.08. The van der Waals surface area contributed by atoms with Crippen LogP contribution in [0.3, 0.4) is 0 Å². The van der Waals surface area contributed by atoms with E-state index in [1.54, 1.807) is 0 Å². The predicted octanol–water partition coefficient (Wildman–Crippen LogP) is 5.59. The average molecular weight is 327 g/mol. The fourth-order valence-corrected chi connectivity index (χ4v) is 2.78. The maximum absolute atomic E-state index is 6.24. The van der Waals surface area contributed by atoms with E-state index in [1.165, 1.54) is 5.56 Å². The minimum Gasteiger partial charge on any atom is -0.494 e. The Morgan fingerprint density at radius 2 is 1.96 bits per heavy atom. The van der Waals surface area contributed by atoms with Gasteiger partial charge in [0.05, 0.1) is 17.1 Å². The van der Waals surface area contributed by atoms with Gasteiger partial charge in [0.15, 0.2) is 0 Å². The topological polar surface area (TPSA) is 34.1 Å². The highest BCUT2D eigenvalue weighted by atomic mass is 35.5. The molecule has 4 heteroatoms. The summed E-state index contributed by atoms with van der Waals surface area (Å²) in [7, 11) is 0. The van der Waals surface area contributed by atoms with Crippen molar-refractivity contribution in [2.45, 2.75) is 20.3 Å². The molecule has 0 unspecified atom stereocenters. The summed E-state index contributed by atoms with van der Waals surface area (Å²) in [6.07, 6.45) is 0.914. The van der Waals surface area contributed by atoms with E-state index in [2.05, 4.69) is 23.3 Å². The smallest absolute Gasteiger partial charge is 0.131 e. The summed E-state index contributed by atoms with van der Waals surface area (Å²) < 4.78 is 5.57. The first-order valence-electron chi connectivity index (χ1n) is 7.79. The molecule has 0 saturated heterocycles. The minimum atomic E-state index is 0.661. The van der Waals surface area contributed by atoms with E-state index in [0.717, 1.165) is 34.6 Å². The largest absolute Gasteiger partial charge is 0.494 e. The van der Waals surface area contributed by atoms with Crippen molar-refractivity contribution < 1.29 is 4.74 Å². The highest BCUT2D eigenvalue weighted by molar-refractivity contribution is 6.35. The Morgan fingerprint density at radius 1 is 1.09 bits per heavy atom. The molecule has 0 aliphatic carbocycles. The summed E-state index contributed by atoms with van der Waals surface area (Å²) in [4.78, 5) is 4.63. The summed E-state index contributed by atoms with van der Waals surface area (Å²) in [5.74, 6) is 1.67. The Balaban J connectivity index is 1.93. The molecule has 23 heavy (non-hydrogen) atoms. The lowest BCUT2D eigenvalue weighted by molar-refractivity contribution is 0.340. The van der Waals surface area contributed by atoms with E-state index in [9.17, 15) is 0 Å². The van der Waals surface area contributed by atoms with Crippen molar-refractivity contribution in [2.24, 2.45) is 0 Å². The lowest BCUT2D eigenvalue weighted by Crippen LogP contribution is -1.99. The maximum Gasteiger partial charge on any atom is 0.131 e. The van der Waals surface area contributed by atoms with Gasteiger partial charge >= 0.3 is 0 Å². The van der Waals surface area contributed by atoms with Crippen molar-refractivity contribution in [3.63, 3.8) is 0 Å². The molecule has 0 saturated carbocycles. The normalized spacial score (nSPS) is 10.7. The predicted molar refractivity (Wildman–Crippen MR) is 97.0 cm³/mol. The summed E-state index contributed by atoms with van der Waals surface area (Å²) >= 11 is 6.24. The number of nitrogens with zero attached hydrogens (tertiary/aromatic N) is 1. The van der Waals surface area contributed by atoms with Gasteiger partial charge in [-0.3, -0.25) is 0 Å². The molecule has 0 radical (unpaired) electrons. The molecule has 118 valence electrons. The van der Waals surface area contributed by atoms with Crippen molar-refractivity contribution in [1.82, 2.24) is 4.98 Å². The monoisotopic (exact) mass is 326 g/mol. The van der Waals surface area contributed by atoms with Crippen molar-refractivity contribution in [3.05, 3.63) is 59.1 Å². The molecule has 3 rings (SSSR count). The van der Waals surface area contributed by atoms with Crippen molar-refractivity contribution in [3.8, 4) is 5.75 Å². The Kier molecular flexibility index (Phi) is 4.68. The number of fused-ring (bicyclic) bond motifs is 1. The van der Waals surface area contributed by atoms with E-state index in [0.29, 0.717) is 11.6 Å². The number of hydrogen-bond acceptors (Lipinski definition) is 3. The molecule has 2 aromatic carbocycles. The van der Waals surface area contributed by atoms with Crippen LogP contribution in [0, 0.1) is 0 Å². The fraction of sp³-hybridized carbons (Fsp3) is 0.211. The van der Waals surface area contributed by atoms with Gasteiger partial charge in [-0.1, -0.05) is 30.7 Å². The van der Waals surface area contributed by atoms with Crippen molar-refractivity contribution in [1.29, 1.82) is 0 Å². The van der Waals surface area contributed by atoms with Crippen LogP contribution >= 0.6 is 11.6 Å². The Bertz CT molecular complexity index is 833. The van der Waals surface area contributed by atoms with Crippen LogP contribution in [0.1, 0.15) is 19.4 Å². The second-order valence-electron chi connectivity index (χ2n) is 5.24. The van der Waals surface area contributed by atoms with E-state index >= 15 is 0 Å². The molecule has 0 aliphatic rings. The highest BCUT2D eigenvalue weighted by Gasteiger charge is 2.06. The molecule has 0 amide bonds. The lowest BCUT2D eigenvalue weighted by Gasteiger charge is -2.13. The molecule has 1 heterocycles. The molecule has 0 bridgehead atoms. The highest BCUT2D eigenvalue weighted by Crippen LogP contribution is 2.28. The standard InChI is InChI=1S/C19H19ClN2O/c1-3-13-12-15(23-4-2)9-10-17(13)21-18-11-8-14-6-5-7-16(20)19(14)22-18/h5-12H,3-4H2,1-2H3,(H,21,22). The number of anilines is 2. The quantitative estimate of drug-likeness (QED) is 0.663. The molecule has 0 spiro atoms. The summed E-state index contributed by atoms with van der Waals surface area (Å²) in [6.45, 7) is 4.78. The zero-order valence-electron chi connectivity index (χ0n) is 13.3. The number of para-hydroxylation sites is 1. The Morgan fingerprint density at radius 3 is 2.74 bits per heavy atom. The van der Waals surface area contributed by atoms with Gasteiger partial charge in [-0.05, 0) is 55.3 Å². The molecular formula is C19H19ClN2O. The van der Waals surface area contributed by atoms with Crippen molar-refractivity contribution >= 4 is 34.0 Å². The average Bonchev–Trinajstić information content (AvgIpc) is 2.57. The third kappa shape index (κ3) is 3.40. The van der Waals surface area contributed by atoms with Crippen LogP contribution in [0.25, 0.3) is 10.9 Å². The molecule has 0 aliphatic heterocycles. The Labute approximate surface area is 141 Å². The second kappa shape index (κ2) is 6.88. The number of rotatable bonds is 5. The number of benzene rings is 2.